The first kappa shape index (κ1) is 26.2. The van der Waals surface area contributed by atoms with Gasteiger partial charge in [0.2, 0.25) is 5.91 Å². The lowest BCUT2D eigenvalue weighted by Gasteiger charge is -2.38. The second-order valence-electron chi connectivity index (χ2n) is 10.8. The molecule has 0 radical (unpaired) electrons. The normalized spacial score (nSPS) is 23.2. The SMILES string of the molecule is CCOc1ccccc1C(=O)[C@@H]1[C@H](C(=O)c2ccc(Cl)cc2)N2C=Cc3ccccc3[C@@H]2[C@]12C(=O)Nc1ccccc12. The van der Waals surface area contributed by atoms with Gasteiger partial charge < -0.3 is 15.0 Å². The average Bonchev–Trinajstić information content (AvgIpc) is 3.49. The van der Waals surface area contributed by atoms with Crippen molar-refractivity contribution in [3.63, 3.8) is 0 Å². The number of carbonyl (C=O) groups excluding carboxylic acids is 3. The standard InChI is InChI=1S/C35H27ClN2O4/c1-2-42-28-14-8-5-11-25(28)32(40)29-30(31(39)22-15-17-23(36)18-16-22)38-20-19-21-9-3-4-10-24(21)33(38)35(29)26-12-6-7-13-27(26)37-34(35)41/h3-20,29-30,33H,2H2,1H3,(H,37,41)/t29-,30+,33+,35+/m0/s1. The molecule has 4 aromatic rings. The number of amides is 1. The fraction of sp³-hybridized carbons (Fsp3) is 0.171. The van der Waals surface area contributed by atoms with Crippen LogP contribution in [0.2, 0.25) is 5.02 Å². The Hall–Kier alpha value is -4.68. The van der Waals surface area contributed by atoms with E-state index >= 15 is 4.79 Å². The number of hydrogen-bond donors (Lipinski definition) is 1. The van der Waals surface area contributed by atoms with Gasteiger partial charge in [0.05, 0.1) is 24.1 Å². The summed E-state index contributed by atoms with van der Waals surface area (Å²) in [6.45, 7) is 2.22. The van der Waals surface area contributed by atoms with Crippen molar-refractivity contribution < 1.29 is 19.1 Å². The smallest absolute Gasteiger partial charge is 0.238 e. The highest BCUT2D eigenvalue weighted by atomic mass is 35.5. The highest BCUT2D eigenvalue weighted by molar-refractivity contribution is 6.30. The molecule has 7 rings (SSSR count). The van der Waals surface area contributed by atoms with Crippen LogP contribution in [0.3, 0.4) is 0 Å². The first-order chi connectivity index (χ1) is 20.5. The molecule has 0 aromatic heterocycles. The third-order valence-corrected chi connectivity index (χ3v) is 8.95. The van der Waals surface area contributed by atoms with Gasteiger partial charge in [-0.25, -0.2) is 0 Å². The van der Waals surface area contributed by atoms with Gasteiger partial charge in [-0.05, 0) is 72.2 Å². The summed E-state index contributed by atoms with van der Waals surface area (Å²) in [5, 5.41) is 3.58. The Morgan fingerprint density at radius 2 is 1.62 bits per heavy atom. The molecule has 208 valence electrons. The number of nitrogens with zero attached hydrogens (tertiary/aromatic N) is 1. The van der Waals surface area contributed by atoms with Crippen molar-refractivity contribution in [3.8, 4) is 5.75 Å². The van der Waals surface area contributed by atoms with Crippen molar-refractivity contribution in [3.05, 3.63) is 136 Å². The fourth-order valence-corrected chi connectivity index (χ4v) is 7.20. The van der Waals surface area contributed by atoms with Crippen LogP contribution in [0.1, 0.15) is 50.4 Å². The van der Waals surface area contributed by atoms with E-state index in [4.69, 9.17) is 16.3 Å². The molecule has 4 aromatic carbocycles. The summed E-state index contributed by atoms with van der Waals surface area (Å²) in [7, 11) is 0. The Bertz CT molecular complexity index is 1780. The van der Waals surface area contributed by atoms with Gasteiger partial charge in [0.25, 0.3) is 0 Å². The summed E-state index contributed by atoms with van der Waals surface area (Å²) >= 11 is 6.17. The minimum Gasteiger partial charge on any atom is -0.493 e. The van der Waals surface area contributed by atoms with Gasteiger partial charge in [-0.2, -0.15) is 0 Å². The Morgan fingerprint density at radius 3 is 2.43 bits per heavy atom. The molecule has 42 heavy (non-hydrogen) atoms. The maximum absolute atomic E-state index is 15.0. The number of fused-ring (bicyclic) bond motifs is 6. The fourth-order valence-electron chi connectivity index (χ4n) is 7.07. The Kier molecular flexibility index (Phi) is 6.24. The molecule has 1 spiro atoms. The van der Waals surface area contributed by atoms with Crippen molar-refractivity contribution in [2.24, 2.45) is 5.92 Å². The first-order valence-electron chi connectivity index (χ1n) is 14.0. The largest absolute Gasteiger partial charge is 0.493 e. The quantitative estimate of drug-likeness (QED) is 0.259. The minimum absolute atomic E-state index is 0.262. The van der Waals surface area contributed by atoms with Crippen molar-refractivity contribution in [1.82, 2.24) is 4.90 Å². The van der Waals surface area contributed by atoms with Crippen LogP contribution in [0.5, 0.6) is 5.75 Å². The van der Waals surface area contributed by atoms with E-state index in [1.165, 1.54) is 0 Å². The third kappa shape index (κ3) is 3.68. The molecule has 0 bridgehead atoms. The number of halogens is 1. The van der Waals surface area contributed by atoms with Gasteiger partial charge in [-0.1, -0.05) is 66.2 Å². The number of para-hydroxylation sites is 2. The molecule has 3 aliphatic rings. The zero-order valence-corrected chi connectivity index (χ0v) is 23.5. The molecular weight excluding hydrogens is 548 g/mol. The average molecular weight is 575 g/mol. The van der Waals surface area contributed by atoms with Gasteiger partial charge in [-0.3, -0.25) is 14.4 Å². The number of rotatable bonds is 6. The van der Waals surface area contributed by atoms with E-state index in [0.717, 1.165) is 11.1 Å². The summed E-state index contributed by atoms with van der Waals surface area (Å²) in [4.78, 5) is 46.1. The van der Waals surface area contributed by atoms with E-state index in [0.29, 0.717) is 39.8 Å². The Balaban J connectivity index is 1.54. The number of ether oxygens (including phenoxy) is 1. The number of hydrogen-bond acceptors (Lipinski definition) is 5. The molecular formula is C35H27ClN2O4. The minimum atomic E-state index is -1.40. The topological polar surface area (TPSA) is 75.7 Å². The van der Waals surface area contributed by atoms with Crippen LogP contribution < -0.4 is 10.1 Å². The molecule has 1 fully saturated rings. The van der Waals surface area contributed by atoms with E-state index < -0.39 is 23.4 Å². The monoisotopic (exact) mass is 574 g/mol. The van der Waals surface area contributed by atoms with E-state index in [2.05, 4.69) is 5.32 Å². The van der Waals surface area contributed by atoms with Crippen LogP contribution in [-0.4, -0.2) is 35.0 Å². The molecule has 0 unspecified atom stereocenters. The van der Waals surface area contributed by atoms with Crippen LogP contribution >= 0.6 is 11.6 Å². The van der Waals surface area contributed by atoms with E-state index in [1.807, 2.05) is 78.7 Å². The van der Waals surface area contributed by atoms with Gasteiger partial charge >= 0.3 is 0 Å². The van der Waals surface area contributed by atoms with Crippen molar-refractivity contribution in [1.29, 1.82) is 0 Å². The van der Waals surface area contributed by atoms with Crippen molar-refractivity contribution in [2.75, 3.05) is 11.9 Å². The van der Waals surface area contributed by atoms with E-state index in [9.17, 15) is 9.59 Å². The molecule has 1 N–H and O–H groups in total. The van der Waals surface area contributed by atoms with Gasteiger partial charge in [-0.15, -0.1) is 0 Å². The summed E-state index contributed by atoms with van der Waals surface area (Å²) in [5.41, 5.74) is 2.52. The maximum Gasteiger partial charge on any atom is 0.238 e. The summed E-state index contributed by atoms with van der Waals surface area (Å²) in [6.07, 6.45) is 3.81. The van der Waals surface area contributed by atoms with Gasteiger partial charge in [0, 0.05) is 22.5 Å². The molecule has 0 aliphatic carbocycles. The third-order valence-electron chi connectivity index (χ3n) is 8.70. The number of carbonyl (C=O) groups is 3. The van der Waals surface area contributed by atoms with E-state index in [1.54, 1.807) is 42.5 Å². The van der Waals surface area contributed by atoms with Crippen molar-refractivity contribution >= 4 is 40.8 Å². The summed E-state index contributed by atoms with van der Waals surface area (Å²) in [6, 6.07) is 27.4. The van der Waals surface area contributed by atoms with Crippen LogP contribution in [0.15, 0.2) is 103 Å². The van der Waals surface area contributed by atoms with Crippen molar-refractivity contribution in [2.45, 2.75) is 24.4 Å². The van der Waals surface area contributed by atoms with Crippen LogP contribution in [-0.2, 0) is 10.2 Å². The second-order valence-corrected chi connectivity index (χ2v) is 11.2. The molecule has 3 aliphatic heterocycles. The summed E-state index contributed by atoms with van der Waals surface area (Å²) < 4.78 is 5.88. The van der Waals surface area contributed by atoms with Crippen LogP contribution in [0.25, 0.3) is 6.08 Å². The number of benzene rings is 4. The van der Waals surface area contributed by atoms with E-state index in [-0.39, 0.29) is 17.5 Å². The lowest BCUT2D eigenvalue weighted by atomic mass is 9.62. The Morgan fingerprint density at radius 1 is 0.905 bits per heavy atom. The molecule has 0 saturated carbocycles. The maximum atomic E-state index is 15.0. The highest BCUT2D eigenvalue weighted by Crippen LogP contribution is 2.62. The lowest BCUT2D eigenvalue weighted by molar-refractivity contribution is -0.122. The van der Waals surface area contributed by atoms with Crippen LogP contribution in [0, 0.1) is 5.92 Å². The molecule has 1 amide bonds. The highest BCUT2D eigenvalue weighted by Gasteiger charge is 2.70. The van der Waals surface area contributed by atoms with Crippen LogP contribution in [0.4, 0.5) is 5.69 Å². The second kappa shape index (κ2) is 10.00. The number of ketones is 2. The molecule has 7 heteroatoms. The molecule has 3 heterocycles. The number of nitrogens with one attached hydrogen (secondary N) is 1. The number of anilines is 1. The zero-order chi connectivity index (χ0) is 29.0. The predicted octanol–water partition coefficient (Wildman–Crippen LogP) is 6.72. The zero-order valence-electron chi connectivity index (χ0n) is 22.8. The predicted molar refractivity (Wildman–Crippen MR) is 162 cm³/mol. The summed E-state index contributed by atoms with van der Waals surface area (Å²) in [5.74, 6) is -1.54. The van der Waals surface area contributed by atoms with Gasteiger partial charge in [0.1, 0.15) is 17.2 Å². The first-order valence-corrected chi connectivity index (χ1v) is 14.4. The van der Waals surface area contributed by atoms with Gasteiger partial charge in [0.15, 0.2) is 11.6 Å². The molecule has 6 nitrogen and oxygen atoms in total. The molecule has 1 saturated heterocycles. The lowest BCUT2D eigenvalue weighted by Crippen LogP contribution is -2.49. The number of Topliss-reactive ketones (excluding diaryl/α,β-unsaturated/α-hetero) is 2. The molecule has 4 atom stereocenters. The Labute approximate surface area is 248 Å².